The third-order valence-electron chi connectivity index (χ3n) is 2.96. The molecule has 0 bridgehead atoms. The summed E-state index contributed by atoms with van der Waals surface area (Å²) in [6, 6.07) is 6.99. The Morgan fingerprint density at radius 2 is 2.21 bits per heavy atom. The lowest BCUT2D eigenvalue weighted by molar-refractivity contribution is -0.114. The minimum atomic E-state index is -0.149. The lowest BCUT2D eigenvalue weighted by atomic mass is 10.1. The van der Waals surface area contributed by atoms with Crippen LogP contribution in [0.4, 0.5) is 5.69 Å². The number of nitrogens with one attached hydrogen (secondary N) is 1. The molecule has 2 rings (SSSR count). The Morgan fingerprint density at radius 1 is 1.42 bits per heavy atom. The third kappa shape index (κ3) is 3.54. The summed E-state index contributed by atoms with van der Waals surface area (Å²) in [7, 11) is 0. The fraction of sp³-hybridized carbons (Fsp3) is 0.429. The van der Waals surface area contributed by atoms with E-state index in [2.05, 4.69) is 5.32 Å². The number of ether oxygens (including phenoxy) is 1. The SMILES string of the molecule is CC(=O)Nc1cccc(C(=O)N2CCO[C@H](C)C2)c1. The van der Waals surface area contributed by atoms with Crippen LogP contribution in [-0.2, 0) is 9.53 Å². The molecule has 5 nitrogen and oxygen atoms in total. The molecule has 102 valence electrons. The molecule has 2 amide bonds. The molecule has 1 N–H and O–H groups in total. The number of rotatable bonds is 2. The van der Waals surface area contributed by atoms with Gasteiger partial charge in [-0.3, -0.25) is 9.59 Å². The summed E-state index contributed by atoms with van der Waals surface area (Å²) in [5.41, 5.74) is 1.22. The lowest BCUT2D eigenvalue weighted by Gasteiger charge is -2.31. The van der Waals surface area contributed by atoms with E-state index in [-0.39, 0.29) is 17.9 Å². The quantitative estimate of drug-likeness (QED) is 0.878. The highest BCUT2D eigenvalue weighted by Gasteiger charge is 2.22. The second-order valence-electron chi connectivity index (χ2n) is 4.69. The zero-order chi connectivity index (χ0) is 13.8. The molecule has 0 saturated carbocycles. The Kier molecular flexibility index (Phi) is 4.16. The van der Waals surface area contributed by atoms with Gasteiger partial charge in [-0.25, -0.2) is 0 Å². The van der Waals surface area contributed by atoms with Gasteiger partial charge >= 0.3 is 0 Å². The molecule has 1 saturated heterocycles. The zero-order valence-electron chi connectivity index (χ0n) is 11.2. The van der Waals surface area contributed by atoms with Crippen molar-refractivity contribution in [1.29, 1.82) is 0 Å². The average molecular weight is 262 g/mol. The molecule has 0 spiro atoms. The number of anilines is 1. The summed E-state index contributed by atoms with van der Waals surface area (Å²) in [6.07, 6.45) is 0.0660. The molecule has 1 aromatic carbocycles. The molecule has 1 aromatic rings. The van der Waals surface area contributed by atoms with Gasteiger partial charge in [0.05, 0.1) is 12.7 Å². The maximum absolute atomic E-state index is 12.3. The maximum atomic E-state index is 12.3. The number of hydrogen-bond donors (Lipinski definition) is 1. The Labute approximate surface area is 112 Å². The van der Waals surface area contributed by atoms with Crippen molar-refractivity contribution in [3.05, 3.63) is 29.8 Å². The molecule has 1 aliphatic rings. The molecule has 1 heterocycles. The van der Waals surface area contributed by atoms with Crippen LogP contribution in [0, 0.1) is 0 Å². The van der Waals surface area contributed by atoms with Gasteiger partial charge in [0.1, 0.15) is 0 Å². The monoisotopic (exact) mass is 262 g/mol. The van der Waals surface area contributed by atoms with Crippen LogP contribution in [0.15, 0.2) is 24.3 Å². The highest BCUT2D eigenvalue weighted by atomic mass is 16.5. The van der Waals surface area contributed by atoms with Gasteiger partial charge in [0.25, 0.3) is 5.91 Å². The van der Waals surface area contributed by atoms with E-state index in [0.29, 0.717) is 30.9 Å². The third-order valence-corrected chi connectivity index (χ3v) is 2.96. The molecular weight excluding hydrogens is 244 g/mol. The van der Waals surface area contributed by atoms with Crippen LogP contribution in [0.1, 0.15) is 24.2 Å². The average Bonchev–Trinajstić information content (AvgIpc) is 2.37. The lowest BCUT2D eigenvalue weighted by Crippen LogP contribution is -2.44. The highest BCUT2D eigenvalue weighted by Crippen LogP contribution is 2.15. The second-order valence-corrected chi connectivity index (χ2v) is 4.69. The van der Waals surface area contributed by atoms with Gasteiger partial charge in [0.15, 0.2) is 0 Å². The zero-order valence-corrected chi connectivity index (χ0v) is 11.2. The summed E-state index contributed by atoms with van der Waals surface area (Å²) in [5, 5.41) is 2.68. The van der Waals surface area contributed by atoms with E-state index in [4.69, 9.17) is 4.74 Å². The van der Waals surface area contributed by atoms with Crippen LogP contribution in [0.25, 0.3) is 0 Å². The van der Waals surface area contributed by atoms with Crippen molar-refractivity contribution in [2.24, 2.45) is 0 Å². The second kappa shape index (κ2) is 5.84. The minimum absolute atomic E-state index is 0.0256. The van der Waals surface area contributed by atoms with E-state index in [1.165, 1.54) is 6.92 Å². The molecule has 0 radical (unpaired) electrons. The molecule has 1 atom stereocenters. The largest absolute Gasteiger partial charge is 0.375 e. The summed E-state index contributed by atoms with van der Waals surface area (Å²) >= 11 is 0. The van der Waals surface area contributed by atoms with E-state index >= 15 is 0 Å². The first-order valence-electron chi connectivity index (χ1n) is 6.35. The van der Waals surface area contributed by atoms with Crippen molar-refractivity contribution >= 4 is 17.5 Å². The number of hydrogen-bond acceptors (Lipinski definition) is 3. The predicted molar refractivity (Wildman–Crippen MR) is 72.1 cm³/mol. The van der Waals surface area contributed by atoms with Gasteiger partial charge in [0, 0.05) is 31.3 Å². The van der Waals surface area contributed by atoms with Gasteiger partial charge in [-0.2, -0.15) is 0 Å². The fourth-order valence-corrected chi connectivity index (χ4v) is 2.12. The van der Waals surface area contributed by atoms with E-state index in [0.717, 1.165) is 0 Å². The number of carbonyl (C=O) groups is 2. The smallest absolute Gasteiger partial charge is 0.254 e. The molecule has 19 heavy (non-hydrogen) atoms. The van der Waals surface area contributed by atoms with Crippen LogP contribution in [0.5, 0.6) is 0 Å². The van der Waals surface area contributed by atoms with Gasteiger partial charge in [-0.1, -0.05) is 6.07 Å². The Hall–Kier alpha value is -1.88. The Morgan fingerprint density at radius 3 is 2.89 bits per heavy atom. The molecule has 0 aromatic heterocycles. The summed E-state index contributed by atoms with van der Waals surface area (Å²) in [4.78, 5) is 25.1. The predicted octanol–water partition coefficient (Wildman–Crippen LogP) is 1.51. The number of morpholine rings is 1. The number of carbonyl (C=O) groups excluding carboxylic acids is 2. The summed E-state index contributed by atoms with van der Waals surface area (Å²) < 4.78 is 5.42. The topological polar surface area (TPSA) is 58.6 Å². The van der Waals surface area contributed by atoms with Crippen molar-refractivity contribution < 1.29 is 14.3 Å². The molecular formula is C14H18N2O3. The van der Waals surface area contributed by atoms with Gasteiger partial charge in [-0.05, 0) is 25.1 Å². The van der Waals surface area contributed by atoms with Crippen molar-refractivity contribution in [3.8, 4) is 0 Å². The van der Waals surface area contributed by atoms with E-state index < -0.39 is 0 Å². The van der Waals surface area contributed by atoms with E-state index in [9.17, 15) is 9.59 Å². The minimum Gasteiger partial charge on any atom is -0.375 e. The molecule has 1 aliphatic heterocycles. The molecule has 0 unspecified atom stereocenters. The van der Waals surface area contributed by atoms with Crippen molar-refractivity contribution in [2.45, 2.75) is 20.0 Å². The number of amides is 2. The first kappa shape index (κ1) is 13.5. The first-order valence-corrected chi connectivity index (χ1v) is 6.35. The Balaban J connectivity index is 2.12. The van der Waals surface area contributed by atoms with E-state index in [1.807, 2.05) is 6.92 Å². The molecule has 5 heteroatoms. The van der Waals surface area contributed by atoms with Crippen LogP contribution >= 0.6 is 0 Å². The van der Waals surface area contributed by atoms with Crippen molar-refractivity contribution in [2.75, 3.05) is 25.0 Å². The normalized spacial score (nSPS) is 19.1. The number of nitrogens with zero attached hydrogens (tertiary/aromatic N) is 1. The van der Waals surface area contributed by atoms with Crippen molar-refractivity contribution in [3.63, 3.8) is 0 Å². The Bertz CT molecular complexity index is 487. The highest BCUT2D eigenvalue weighted by molar-refractivity contribution is 5.96. The van der Waals surface area contributed by atoms with Gasteiger partial charge in [0.2, 0.25) is 5.91 Å². The fourth-order valence-electron chi connectivity index (χ4n) is 2.12. The van der Waals surface area contributed by atoms with E-state index in [1.54, 1.807) is 29.2 Å². The molecule has 1 fully saturated rings. The van der Waals surface area contributed by atoms with Crippen LogP contribution in [-0.4, -0.2) is 42.5 Å². The van der Waals surface area contributed by atoms with Gasteiger partial charge in [-0.15, -0.1) is 0 Å². The molecule has 0 aliphatic carbocycles. The standard InChI is InChI=1S/C14H18N2O3/c1-10-9-16(6-7-19-10)14(18)12-4-3-5-13(8-12)15-11(2)17/h3-5,8,10H,6-7,9H2,1-2H3,(H,15,17)/t10-/m1/s1. The van der Waals surface area contributed by atoms with Crippen LogP contribution in [0.3, 0.4) is 0 Å². The summed E-state index contributed by atoms with van der Waals surface area (Å²) in [5.74, 6) is -0.174. The number of benzene rings is 1. The van der Waals surface area contributed by atoms with Crippen molar-refractivity contribution in [1.82, 2.24) is 4.90 Å². The van der Waals surface area contributed by atoms with Crippen LogP contribution < -0.4 is 5.32 Å². The van der Waals surface area contributed by atoms with Crippen LogP contribution in [0.2, 0.25) is 0 Å². The first-order chi connectivity index (χ1) is 9.06. The summed E-state index contributed by atoms with van der Waals surface area (Å²) in [6.45, 7) is 5.17. The maximum Gasteiger partial charge on any atom is 0.254 e. The van der Waals surface area contributed by atoms with Gasteiger partial charge < -0.3 is 15.0 Å².